The monoisotopic (exact) mass is 472 g/mol. The molecule has 3 heterocycles. The number of carbonyl (C=O) groups excluding carboxylic acids is 1. The van der Waals surface area contributed by atoms with Crippen LogP contribution in [0.25, 0.3) is 0 Å². The first kappa shape index (κ1) is 23.1. The number of amides is 1. The number of fused-ring (bicyclic) bond motifs is 1. The molecule has 0 radical (unpaired) electrons. The summed E-state index contributed by atoms with van der Waals surface area (Å²) in [6, 6.07) is 20.1. The summed E-state index contributed by atoms with van der Waals surface area (Å²) in [4.78, 5) is 17.8. The number of piperidine rings is 1. The fourth-order valence-electron chi connectivity index (χ4n) is 7.47. The highest BCUT2D eigenvalue weighted by Gasteiger charge is 2.61. The second-order valence-corrected chi connectivity index (χ2v) is 12.8. The van der Waals surface area contributed by atoms with E-state index in [0.29, 0.717) is 5.54 Å². The van der Waals surface area contributed by atoms with Crippen molar-refractivity contribution in [2.45, 2.75) is 75.9 Å². The van der Waals surface area contributed by atoms with E-state index in [1.807, 2.05) is 25.7 Å². The molecule has 5 aliphatic rings. The third-order valence-electron chi connectivity index (χ3n) is 9.30. The summed E-state index contributed by atoms with van der Waals surface area (Å²) in [6.07, 6.45) is 7.14. The standard InChI is InChI=1S/C31H40N2O2/c1-29(2,3)35-28(34)32-15-13-30(22-32,26-11-5-4-6-12-26)14-16-33-21-23-17-24-9-7-8-10-25(24)19-31(33)20-27(31)18-23/h4-12,23,27H,13-22H2,1-3H3/t23-,27+,30?,31?/m0/s1. The van der Waals surface area contributed by atoms with Gasteiger partial charge in [-0.3, -0.25) is 4.90 Å². The first-order chi connectivity index (χ1) is 16.8. The molecule has 1 amide bonds. The number of benzene rings is 2. The second kappa shape index (κ2) is 8.37. The van der Waals surface area contributed by atoms with Crippen LogP contribution in [0.3, 0.4) is 0 Å². The molecular formula is C31H40N2O2. The van der Waals surface area contributed by atoms with E-state index in [1.54, 1.807) is 11.1 Å². The molecule has 2 bridgehead atoms. The van der Waals surface area contributed by atoms with Crippen molar-refractivity contribution in [1.29, 1.82) is 0 Å². The molecule has 4 nitrogen and oxygen atoms in total. The summed E-state index contributed by atoms with van der Waals surface area (Å²) < 4.78 is 5.75. The lowest BCUT2D eigenvalue weighted by atomic mass is 9.75. The van der Waals surface area contributed by atoms with Gasteiger partial charge in [0.05, 0.1) is 0 Å². The SMILES string of the molecule is CC(C)(C)OC(=O)N1CCC(CCN2C[C@H]3Cc4ccccc4CC24C[C@H]4C3)(c2ccccc2)C1. The average molecular weight is 473 g/mol. The lowest BCUT2D eigenvalue weighted by Crippen LogP contribution is -2.51. The second-order valence-electron chi connectivity index (χ2n) is 12.8. The maximum absolute atomic E-state index is 12.9. The Hall–Kier alpha value is -2.33. The largest absolute Gasteiger partial charge is 0.444 e. The van der Waals surface area contributed by atoms with E-state index in [2.05, 4.69) is 59.5 Å². The van der Waals surface area contributed by atoms with Crippen LogP contribution in [0.4, 0.5) is 4.79 Å². The third-order valence-corrected chi connectivity index (χ3v) is 9.30. The maximum Gasteiger partial charge on any atom is 0.410 e. The Morgan fingerprint density at radius 2 is 1.80 bits per heavy atom. The molecule has 3 fully saturated rings. The van der Waals surface area contributed by atoms with E-state index in [-0.39, 0.29) is 11.5 Å². The van der Waals surface area contributed by atoms with Crippen LogP contribution in [0, 0.1) is 11.8 Å². The normalized spacial score (nSPS) is 31.9. The quantitative estimate of drug-likeness (QED) is 0.561. The van der Waals surface area contributed by atoms with E-state index < -0.39 is 5.60 Å². The van der Waals surface area contributed by atoms with Gasteiger partial charge < -0.3 is 9.64 Å². The highest BCUT2D eigenvalue weighted by molar-refractivity contribution is 5.69. The van der Waals surface area contributed by atoms with Gasteiger partial charge in [-0.15, -0.1) is 0 Å². The topological polar surface area (TPSA) is 32.8 Å². The molecule has 2 aromatic rings. The molecule has 0 N–H and O–H groups in total. The molecule has 35 heavy (non-hydrogen) atoms. The van der Waals surface area contributed by atoms with Crippen LogP contribution in [-0.4, -0.2) is 53.2 Å². The fourth-order valence-corrected chi connectivity index (χ4v) is 7.47. The van der Waals surface area contributed by atoms with Crippen molar-refractivity contribution in [2.75, 3.05) is 26.2 Å². The number of carbonyl (C=O) groups is 1. The van der Waals surface area contributed by atoms with Crippen LogP contribution in [0.15, 0.2) is 54.6 Å². The molecule has 2 unspecified atom stereocenters. The zero-order chi connectivity index (χ0) is 24.3. The zero-order valence-electron chi connectivity index (χ0n) is 21.6. The molecule has 4 heteroatoms. The number of likely N-dealkylation sites (tertiary alicyclic amines) is 1. The van der Waals surface area contributed by atoms with Crippen molar-refractivity contribution in [3.05, 3.63) is 71.3 Å². The summed E-state index contributed by atoms with van der Waals surface area (Å²) in [7, 11) is 0. The third kappa shape index (κ3) is 4.28. The zero-order valence-corrected chi connectivity index (χ0v) is 21.6. The number of nitrogens with zero attached hydrogens (tertiary/aromatic N) is 2. The van der Waals surface area contributed by atoms with Gasteiger partial charge in [-0.2, -0.15) is 0 Å². The lowest BCUT2D eigenvalue weighted by Gasteiger charge is -2.44. The minimum absolute atomic E-state index is 0.00128. The van der Waals surface area contributed by atoms with Crippen LogP contribution in [0.1, 0.15) is 63.1 Å². The van der Waals surface area contributed by atoms with Crippen molar-refractivity contribution in [2.24, 2.45) is 11.8 Å². The van der Waals surface area contributed by atoms with Crippen LogP contribution in [0.5, 0.6) is 0 Å². The molecule has 0 aromatic heterocycles. The molecule has 4 atom stereocenters. The molecule has 186 valence electrons. The molecule has 1 saturated carbocycles. The van der Waals surface area contributed by atoms with Crippen molar-refractivity contribution < 1.29 is 9.53 Å². The maximum atomic E-state index is 12.9. The van der Waals surface area contributed by atoms with E-state index in [4.69, 9.17) is 4.74 Å². The van der Waals surface area contributed by atoms with Crippen molar-refractivity contribution in [1.82, 2.24) is 9.80 Å². The Labute approximate surface area is 210 Å². The van der Waals surface area contributed by atoms with E-state index in [9.17, 15) is 4.79 Å². The van der Waals surface area contributed by atoms with Crippen LogP contribution >= 0.6 is 0 Å². The minimum atomic E-state index is -0.463. The molecule has 2 saturated heterocycles. The minimum Gasteiger partial charge on any atom is -0.444 e. The summed E-state index contributed by atoms with van der Waals surface area (Å²) in [5.41, 5.74) is 4.45. The Morgan fingerprint density at radius 1 is 1.06 bits per heavy atom. The predicted molar refractivity (Wildman–Crippen MR) is 140 cm³/mol. The first-order valence-electron chi connectivity index (χ1n) is 13.6. The van der Waals surface area contributed by atoms with E-state index >= 15 is 0 Å². The summed E-state index contributed by atoms with van der Waals surface area (Å²) in [6.45, 7) is 9.72. The molecule has 2 aromatic carbocycles. The number of rotatable bonds is 4. The summed E-state index contributed by atoms with van der Waals surface area (Å²) in [5, 5.41) is 0. The molecule has 3 aliphatic heterocycles. The van der Waals surface area contributed by atoms with Crippen LogP contribution in [0.2, 0.25) is 0 Å². The molecular weight excluding hydrogens is 432 g/mol. The molecule has 7 rings (SSSR count). The Balaban J connectivity index is 1.23. The Bertz CT molecular complexity index is 1090. The molecule has 2 aliphatic carbocycles. The van der Waals surface area contributed by atoms with Crippen LogP contribution in [-0.2, 0) is 23.0 Å². The smallest absolute Gasteiger partial charge is 0.410 e. The van der Waals surface area contributed by atoms with Crippen molar-refractivity contribution >= 4 is 6.09 Å². The van der Waals surface area contributed by atoms with Gasteiger partial charge in [0.25, 0.3) is 0 Å². The van der Waals surface area contributed by atoms with Gasteiger partial charge in [0.2, 0.25) is 0 Å². The van der Waals surface area contributed by atoms with Gasteiger partial charge in [-0.05, 0) is 94.4 Å². The average Bonchev–Trinajstić information content (AvgIpc) is 3.33. The van der Waals surface area contributed by atoms with Crippen molar-refractivity contribution in [3.8, 4) is 0 Å². The molecule has 1 spiro atoms. The highest BCUT2D eigenvalue weighted by Crippen LogP contribution is 2.59. The van der Waals surface area contributed by atoms with E-state index in [0.717, 1.165) is 44.3 Å². The number of ether oxygens (including phenoxy) is 1. The summed E-state index contributed by atoms with van der Waals surface area (Å²) >= 11 is 0. The predicted octanol–water partition coefficient (Wildman–Crippen LogP) is 5.83. The van der Waals surface area contributed by atoms with Gasteiger partial charge in [0.1, 0.15) is 5.60 Å². The lowest BCUT2D eigenvalue weighted by molar-refractivity contribution is 0.0278. The van der Waals surface area contributed by atoms with Crippen molar-refractivity contribution in [3.63, 3.8) is 0 Å². The summed E-state index contributed by atoms with van der Waals surface area (Å²) in [5.74, 6) is 1.63. The Kier molecular flexibility index (Phi) is 5.52. The fraction of sp³-hybridized carbons (Fsp3) is 0.581. The number of hydrogen-bond donors (Lipinski definition) is 0. The van der Waals surface area contributed by atoms with Gasteiger partial charge >= 0.3 is 6.09 Å². The van der Waals surface area contributed by atoms with Gasteiger partial charge in [-0.1, -0.05) is 54.6 Å². The van der Waals surface area contributed by atoms with Gasteiger partial charge in [0, 0.05) is 30.6 Å². The van der Waals surface area contributed by atoms with Gasteiger partial charge in [0.15, 0.2) is 0 Å². The highest BCUT2D eigenvalue weighted by atomic mass is 16.6. The Morgan fingerprint density at radius 3 is 2.57 bits per heavy atom. The number of hydrogen-bond acceptors (Lipinski definition) is 3. The first-order valence-corrected chi connectivity index (χ1v) is 13.6. The van der Waals surface area contributed by atoms with Crippen LogP contribution < -0.4 is 0 Å². The van der Waals surface area contributed by atoms with Gasteiger partial charge in [-0.25, -0.2) is 4.79 Å². The van der Waals surface area contributed by atoms with E-state index in [1.165, 1.54) is 37.8 Å².